The van der Waals surface area contributed by atoms with Crippen molar-refractivity contribution >= 4 is 11.8 Å². The predicted octanol–water partition coefficient (Wildman–Crippen LogP) is 4.13. The molecule has 6 heteroatoms. The lowest BCUT2D eigenvalue weighted by molar-refractivity contribution is 0.142. The van der Waals surface area contributed by atoms with Crippen LogP contribution >= 0.6 is 0 Å². The van der Waals surface area contributed by atoms with Gasteiger partial charge in [0, 0.05) is 23.6 Å². The average molecular weight is 346 g/mol. The monoisotopic (exact) mass is 346 g/mol. The summed E-state index contributed by atoms with van der Waals surface area (Å²) in [7, 11) is 2.03. The Hall–Kier alpha value is -2.47. The first-order valence-corrected chi connectivity index (χ1v) is 8.20. The minimum absolute atomic E-state index is 0.0910. The smallest absolute Gasteiger partial charge is 0.411 e. The van der Waals surface area contributed by atoms with Crippen LogP contribution in [0.3, 0.4) is 0 Å². The van der Waals surface area contributed by atoms with Crippen molar-refractivity contribution in [2.45, 2.75) is 6.42 Å². The van der Waals surface area contributed by atoms with Gasteiger partial charge in [-0.05, 0) is 32.1 Å². The fourth-order valence-corrected chi connectivity index (χ4v) is 3.04. The van der Waals surface area contributed by atoms with Crippen LogP contribution < -0.4 is 5.32 Å². The molecular weight excluding hydrogens is 326 g/mol. The number of halogens is 2. The summed E-state index contributed by atoms with van der Waals surface area (Å²) in [5.74, 6) is -1.55. The van der Waals surface area contributed by atoms with Crippen molar-refractivity contribution < 1.29 is 18.3 Å². The highest BCUT2D eigenvalue weighted by Crippen LogP contribution is 2.31. The molecule has 2 aromatic carbocycles. The van der Waals surface area contributed by atoms with Crippen molar-refractivity contribution in [3.8, 4) is 11.1 Å². The maximum absolute atomic E-state index is 14.1. The second-order valence-electron chi connectivity index (χ2n) is 6.29. The highest BCUT2D eigenvalue weighted by Gasteiger charge is 2.21. The Bertz CT molecular complexity index is 767. The van der Waals surface area contributed by atoms with Crippen LogP contribution in [0.2, 0.25) is 0 Å². The lowest BCUT2D eigenvalue weighted by atomic mass is 10.0. The maximum atomic E-state index is 14.1. The number of amides is 1. The van der Waals surface area contributed by atoms with Crippen molar-refractivity contribution in [3.63, 3.8) is 0 Å². The third-order valence-electron chi connectivity index (χ3n) is 4.34. The van der Waals surface area contributed by atoms with Gasteiger partial charge >= 0.3 is 6.09 Å². The second-order valence-corrected chi connectivity index (χ2v) is 6.29. The van der Waals surface area contributed by atoms with Gasteiger partial charge in [0.1, 0.15) is 0 Å². The zero-order valence-corrected chi connectivity index (χ0v) is 14.0. The van der Waals surface area contributed by atoms with Crippen LogP contribution in [-0.2, 0) is 4.74 Å². The highest BCUT2D eigenvalue weighted by atomic mass is 19.2. The van der Waals surface area contributed by atoms with Gasteiger partial charge in [0.2, 0.25) is 0 Å². The van der Waals surface area contributed by atoms with Crippen molar-refractivity contribution in [2.75, 3.05) is 32.1 Å². The zero-order valence-electron chi connectivity index (χ0n) is 14.0. The van der Waals surface area contributed by atoms with Crippen LogP contribution in [0.15, 0.2) is 42.5 Å². The summed E-state index contributed by atoms with van der Waals surface area (Å²) >= 11 is 0. The Morgan fingerprint density at radius 3 is 2.72 bits per heavy atom. The number of para-hydroxylation sites is 1. The lowest BCUT2D eigenvalue weighted by Crippen LogP contribution is -2.21. The normalized spacial score (nSPS) is 17.5. The van der Waals surface area contributed by atoms with Gasteiger partial charge in [-0.15, -0.1) is 0 Å². The number of nitrogens with one attached hydrogen (secondary N) is 1. The lowest BCUT2D eigenvalue weighted by Gasteiger charge is -2.14. The molecule has 132 valence electrons. The molecule has 0 unspecified atom stereocenters. The molecule has 0 spiro atoms. The molecule has 1 amide bonds. The van der Waals surface area contributed by atoms with E-state index in [-0.39, 0.29) is 5.56 Å². The van der Waals surface area contributed by atoms with E-state index in [1.54, 1.807) is 24.3 Å². The van der Waals surface area contributed by atoms with Crippen molar-refractivity contribution in [1.29, 1.82) is 0 Å². The first-order valence-electron chi connectivity index (χ1n) is 8.20. The van der Waals surface area contributed by atoms with E-state index in [1.807, 2.05) is 7.05 Å². The molecule has 0 radical (unpaired) electrons. The van der Waals surface area contributed by atoms with Gasteiger partial charge in [0.25, 0.3) is 0 Å². The van der Waals surface area contributed by atoms with Gasteiger partial charge < -0.3 is 9.64 Å². The summed E-state index contributed by atoms with van der Waals surface area (Å²) < 4.78 is 32.8. The molecule has 1 aliphatic heterocycles. The quantitative estimate of drug-likeness (QED) is 0.905. The SMILES string of the molecule is CN1CC[C@@H](COC(=O)Nc2ccccc2-c2cccc(F)c2F)C1. The molecule has 25 heavy (non-hydrogen) atoms. The third kappa shape index (κ3) is 4.14. The first-order chi connectivity index (χ1) is 12.0. The minimum atomic E-state index is -0.945. The summed E-state index contributed by atoms with van der Waals surface area (Å²) in [6, 6.07) is 10.6. The number of hydrogen-bond donors (Lipinski definition) is 1. The molecule has 4 nitrogen and oxygen atoms in total. The summed E-state index contributed by atoms with van der Waals surface area (Å²) in [6.07, 6.45) is 0.397. The number of benzene rings is 2. The minimum Gasteiger partial charge on any atom is -0.449 e. The number of anilines is 1. The van der Waals surface area contributed by atoms with E-state index in [2.05, 4.69) is 10.2 Å². The topological polar surface area (TPSA) is 41.6 Å². The summed E-state index contributed by atoms with van der Waals surface area (Å²) in [5, 5.41) is 2.63. The fourth-order valence-electron chi connectivity index (χ4n) is 3.04. The molecule has 1 N–H and O–H groups in total. The molecule has 0 aromatic heterocycles. The fraction of sp³-hybridized carbons (Fsp3) is 0.316. The van der Waals surface area contributed by atoms with E-state index in [0.29, 0.717) is 23.8 Å². The van der Waals surface area contributed by atoms with E-state index in [1.165, 1.54) is 12.1 Å². The molecule has 1 aliphatic rings. The maximum Gasteiger partial charge on any atom is 0.411 e. The van der Waals surface area contributed by atoms with E-state index < -0.39 is 17.7 Å². The molecule has 0 bridgehead atoms. The number of nitrogens with zero attached hydrogens (tertiary/aromatic N) is 1. The molecule has 2 aromatic rings. The molecule has 0 saturated carbocycles. The summed E-state index contributed by atoms with van der Waals surface area (Å²) in [6.45, 7) is 2.24. The number of rotatable bonds is 4. The first kappa shape index (κ1) is 17.4. The van der Waals surface area contributed by atoms with Gasteiger partial charge in [0.05, 0.1) is 12.3 Å². The predicted molar refractivity (Wildman–Crippen MR) is 92.4 cm³/mol. The Balaban J connectivity index is 1.70. The summed E-state index contributed by atoms with van der Waals surface area (Å²) in [4.78, 5) is 14.3. The summed E-state index contributed by atoms with van der Waals surface area (Å²) in [5.41, 5.74) is 0.867. The van der Waals surface area contributed by atoms with Crippen LogP contribution in [-0.4, -0.2) is 37.7 Å². The number of likely N-dealkylation sites (tertiary alicyclic amines) is 1. The number of hydrogen-bond acceptors (Lipinski definition) is 3. The van der Waals surface area contributed by atoms with Gasteiger partial charge in [-0.3, -0.25) is 5.32 Å². The molecular formula is C19H20F2N2O2. The molecule has 3 rings (SSSR count). The van der Waals surface area contributed by atoms with Gasteiger partial charge in [0.15, 0.2) is 11.6 Å². The Morgan fingerprint density at radius 1 is 1.20 bits per heavy atom. The molecule has 1 saturated heterocycles. The number of carbonyl (C=O) groups is 1. The van der Waals surface area contributed by atoms with E-state index in [9.17, 15) is 13.6 Å². The largest absolute Gasteiger partial charge is 0.449 e. The van der Waals surface area contributed by atoms with Crippen LogP contribution in [0, 0.1) is 17.6 Å². The van der Waals surface area contributed by atoms with Gasteiger partial charge in [-0.25, -0.2) is 13.6 Å². The Kier molecular flexibility index (Phi) is 5.28. The third-order valence-corrected chi connectivity index (χ3v) is 4.34. The van der Waals surface area contributed by atoms with Crippen molar-refractivity contribution in [1.82, 2.24) is 4.90 Å². The van der Waals surface area contributed by atoms with E-state index >= 15 is 0 Å². The highest BCUT2D eigenvalue weighted by molar-refractivity contribution is 5.91. The Morgan fingerprint density at radius 2 is 1.96 bits per heavy atom. The van der Waals surface area contributed by atoms with Crippen molar-refractivity contribution in [3.05, 3.63) is 54.1 Å². The Labute approximate surface area is 145 Å². The molecule has 1 heterocycles. The standard InChI is InChI=1S/C19H20F2N2O2/c1-23-10-9-13(11-23)12-25-19(24)22-17-8-3-2-5-14(17)15-6-4-7-16(20)18(15)21/h2-8,13H,9-12H2,1H3,(H,22,24)/t13-/m1/s1. The van der Waals surface area contributed by atoms with Gasteiger partial charge in [-0.1, -0.05) is 30.3 Å². The molecule has 1 atom stereocenters. The number of ether oxygens (including phenoxy) is 1. The number of carbonyl (C=O) groups excluding carboxylic acids is 1. The van der Waals surface area contributed by atoms with Crippen LogP contribution in [0.25, 0.3) is 11.1 Å². The average Bonchev–Trinajstić information content (AvgIpc) is 3.02. The zero-order chi connectivity index (χ0) is 17.8. The molecule has 0 aliphatic carbocycles. The van der Waals surface area contributed by atoms with Crippen LogP contribution in [0.4, 0.5) is 19.3 Å². The molecule has 1 fully saturated rings. The second kappa shape index (κ2) is 7.61. The van der Waals surface area contributed by atoms with Gasteiger partial charge in [-0.2, -0.15) is 0 Å². The van der Waals surface area contributed by atoms with Crippen LogP contribution in [0.5, 0.6) is 0 Å². The van der Waals surface area contributed by atoms with E-state index in [4.69, 9.17) is 4.74 Å². The van der Waals surface area contributed by atoms with E-state index in [0.717, 1.165) is 25.6 Å². The van der Waals surface area contributed by atoms with Crippen LogP contribution in [0.1, 0.15) is 6.42 Å². The van der Waals surface area contributed by atoms with Crippen molar-refractivity contribution in [2.24, 2.45) is 5.92 Å².